The molecule has 116 valence electrons. The number of hydrogen-bond donors (Lipinski definition) is 0. The lowest BCUT2D eigenvalue weighted by Crippen LogP contribution is -2.12. The van der Waals surface area contributed by atoms with Gasteiger partial charge in [-0.1, -0.05) is 0 Å². The van der Waals surface area contributed by atoms with Crippen molar-refractivity contribution in [1.82, 2.24) is 0 Å². The summed E-state index contributed by atoms with van der Waals surface area (Å²) in [6.07, 6.45) is -0.885. The Bertz CT molecular complexity index is 487. The average Bonchev–Trinajstić information content (AvgIpc) is 2.42. The van der Waals surface area contributed by atoms with Gasteiger partial charge >= 0.3 is 6.16 Å². The summed E-state index contributed by atoms with van der Waals surface area (Å²) in [5, 5.41) is -0.667. The van der Waals surface area contributed by atoms with Gasteiger partial charge in [-0.2, -0.15) is 0 Å². The van der Waals surface area contributed by atoms with Gasteiger partial charge in [-0.25, -0.2) is 4.79 Å². The molecule has 0 bridgehead atoms. The van der Waals surface area contributed by atoms with Crippen molar-refractivity contribution in [3.05, 3.63) is 17.7 Å². The topological polar surface area (TPSA) is 71.1 Å². The van der Waals surface area contributed by atoms with E-state index in [-0.39, 0.29) is 29.4 Å². The molecule has 1 aromatic carbocycles. The summed E-state index contributed by atoms with van der Waals surface area (Å²) in [5.41, 5.74) is 0.180. The van der Waals surface area contributed by atoms with Crippen molar-refractivity contribution >= 4 is 23.0 Å². The minimum absolute atomic E-state index is 0.0545. The van der Waals surface area contributed by atoms with Gasteiger partial charge in [0.1, 0.15) is 0 Å². The van der Waals surface area contributed by atoms with Gasteiger partial charge in [-0.15, -0.1) is 0 Å². The van der Waals surface area contributed by atoms with Crippen LogP contribution in [-0.2, 0) is 4.74 Å². The highest BCUT2D eigenvalue weighted by atomic mass is 35.5. The number of ether oxygens (including phenoxy) is 4. The van der Waals surface area contributed by atoms with Crippen molar-refractivity contribution in [2.75, 3.05) is 19.8 Å². The molecular weight excluding hydrogens is 300 g/mol. The smallest absolute Gasteiger partial charge is 0.490 e. The molecule has 0 aliphatic rings. The van der Waals surface area contributed by atoms with Crippen LogP contribution < -0.4 is 14.2 Å². The summed E-state index contributed by atoms with van der Waals surface area (Å²) in [5.74, 6) is 0.417. The standard InChI is InChI=1S/C14H17ClO6/c1-4-18-10-7-9(13(15)16)8-11(19-5-2)12(10)21-14(17)20-6-3/h7-8H,4-6H2,1-3H3. The maximum Gasteiger partial charge on any atom is 0.514 e. The van der Waals surface area contributed by atoms with Gasteiger partial charge in [0, 0.05) is 5.56 Å². The first kappa shape index (κ1) is 17.1. The van der Waals surface area contributed by atoms with E-state index in [4.69, 9.17) is 30.5 Å². The van der Waals surface area contributed by atoms with Crippen LogP contribution in [0.3, 0.4) is 0 Å². The zero-order chi connectivity index (χ0) is 15.8. The molecule has 0 unspecified atom stereocenters. The van der Waals surface area contributed by atoms with E-state index >= 15 is 0 Å². The molecule has 6 nitrogen and oxygen atoms in total. The second kappa shape index (κ2) is 8.36. The highest BCUT2D eigenvalue weighted by Gasteiger charge is 2.20. The molecule has 0 saturated carbocycles. The Morgan fingerprint density at radius 3 is 1.90 bits per heavy atom. The molecule has 0 heterocycles. The molecule has 0 aliphatic heterocycles. The molecule has 0 aromatic heterocycles. The number of hydrogen-bond acceptors (Lipinski definition) is 6. The fourth-order valence-electron chi connectivity index (χ4n) is 1.55. The van der Waals surface area contributed by atoms with Crippen LogP contribution in [0.15, 0.2) is 12.1 Å². The number of halogens is 1. The van der Waals surface area contributed by atoms with Crippen LogP contribution >= 0.6 is 11.6 Å². The van der Waals surface area contributed by atoms with E-state index in [2.05, 4.69) is 0 Å². The van der Waals surface area contributed by atoms with E-state index in [0.29, 0.717) is 13.2 Å². The van der Waals surface area contributed by atoms with E-state index < -0.39 is 11.4 Å². The minimum atomic E-state index is -0.885. The van der Waals surface area contributed by atoms with Crippen LogP contribution in [0.5, 0.6) is 17.2 Å². The lowest BCUT2D eigenvalue weighted by Gasteiger charge is -2.15. The molecule has 1 aromatic rings. The second-order valence-electron chi connectivity index (χ2n) is 3.73. The molecule has 1 rings (SSSR count). The molecule has 0 saturated heterocycles. The predicted molar refractivity (Wildman–Crippen MR) is 76.6 cm³/mol. The van der Waals surface area contributed by atoms with Crippen molar-refractivity contribution in [1.29, 1.82) is 0 Å². The summed E-state index contributed by atoms with van der Waals surface area (Å²) in [6.45, 7) is 5.96. The number of rotatable bonds is 7. The van der Waals surface area contributed by atoms with Crippen LogP contribution in [0.25, 0.3) is 0 Å². The number of carbonyl (C=O) groups is 2. The molecule has 0 aliphatic carbocycles. The number of carbonyl (C=O) groups excluding carboxylic acids is 2. The lowest BCUT2D eigenvalue weighted by atomic mass is 10.2. The molecule has 7 heteroatoms. The highest BCUT2D eigenvalue weighted by molar-refractivity contribution is 6.67. The molecular formula is C14H17ClO6. The van der Waals surface area contributed by atoms with E-state index in [0.717, 1.165) is 0 Å². The molecule has 0 spiro atoms. The Hall–Kier alpha value is -1.95. The van der Waals surface area contributed by atoms with Crippen molar-refractivity contribution in [3.63, 3.8) is 0 Å². The zero-order valence-corrected chi connectivity index (χ0v) is 12.9. The molecule has 21 heavy (non-hydrogen) atoms. The number of benzene rings is 1. The van der Waals surface area contributed by atoms with Gasteiger partial charge in [-0.3, -0.25) is 4.79 Å². The van der Waals surface area contributed by atoms with Gasteiger partial charge in [0.15, 0.2) is 11.5 Å². The SMILES string of the molecule is CCOC(=O)Oc1c(OCC)cc(C(=O)Cl)cc1OCC. The predicted octanol–water partition coefficient (Wildman–Crippen LogP) is 3.40. The van der Waals surface area contributed by atoms with Crippen molar-refractivity contribution in [2.45, 2.75) is 20.8 Å². The Kier molecular flexibility index (Phi) is 6.81. The highest BCUT2D eigenvalue weighted by Crippen LogP contribution is 2.39. The Morgan fingerprint density at radius 1 is 1.00 bits per heavy atom. The van der Waals surface area contributed by atoms with E-state index in [1.807, 2.05) is 0 Å². The van der Waals surface area contributed by atoms with E-state index in [1.165, 1.54) is 12.1 Å². The monoisotopic (exact) mass is 316 g/mol. The van der Waals surface area contributed by atoms with Gasteiger partial charge in [0.25, 0.3) is 5.24 Å². The van der Waals surface area contributed by atoms with Crippen LogP contribution in [0.4, 0.5) is 4.79 Å². The third-order valence-electron chi connectivity index (χ3n) is 2.30. The summed E-state index contributed by atoms with van der Waals surface area (Å²) in [7, 11) is 0. The normalized spacial score (nSPS) is 9.90. The average molecular weight is 317 g/mol. The summed E-state index contributed by atoms with van der Waals surface area (Å²) in [4.78, 5) is 22.8. The first-order valence-corrected chi connectivity index (χ1v) is 6.89. The Labute approximate surface area is 127 Å². The fraction of sp³-hybridized carbons (Fsp3) is 0.429. The zero-order valence-electron chi connectivity index (χ0n) is 12.1. The maximum atomic E-state index is 11.5. The van der Waals surface area contributed by atoms with Crippen molar-refractivity contribution < 1.29 is 28.5 Å². The van der Waals surface area contributed by atoms with Gasteiger partial charge in [0.2, 0.25) is 5.75 Å². The minimum Gasteiger partial charge on any atom is -0.490 e. The third kappa shape index (κ3) is 4.82. The van der Waals surface area contributed by atoms with Gasteiger partial charge < -0.3 is 18.9 Å². The quantitative estimate of drug-likeness (QED) is 0.436. The molecule has 0 amide bonds. The lowest BCUT2D eigenvalue weighted by molar-refractivity contribution is 0.101. The van der Waals surface area contributed by atoms with E-state index in [9.17, 15) is 9.59 Å². The second-order valence-corrected chi connectivity index (χ2v) is 4.07. The van der Waals surface area contributed by atoms with Crippen LogP contribution in [0, 0.1) is 0 Å². The molecule has 0 atom stereocenters. The summed E-state index contributed by atoms with van der Waals surface area (Å²) < 4.78 is 20.6. The van der Waals surface area contributed by atoms with Crippen LogP contribution in [0.2, 0.25) is 0 Å². The third-order valence-corrected chi connectivity index (χ3v) is 2.51. The van der Waals surface area contributed by atoms with Crippen molar-refractivity contribution in [2.24, 2.45) is 0 Å². The van der Waals surface area contributed by atoms with E-state index in [1.54, 1.807) is 20.8 Å². The molecule has 0 fully saturated rings. The first-order chi connectivity index (χ1) is 10.0. The summed E-state index contributed by atoms with van der Waals surface area (Å²) in [6, 6.07) is 2.77. The molecule has 0 radical (unpaired) electrons. The Morgan fingerprint density at radius 2 is 1.52 bits per heavy atom. The fourth-order valence-corrected chi connectivity index (χ4v) is 1.66. The maximum absolute atomic E-state index is 11.5. The Balaban J connectivity index is 3.27. The first-order valence-electron chi connectivity index (χ1n) is 6.51. The van der Waals surface area contributed by atoms with Crippen LogP contribution in [-0.4, -0.2) is 31.2 Å². The largest absolute Gasteiger partial charge is 0.514 e. The van der Waals surface area contributed by atoms with Gasteiger partial charge in [0.05, 0.1) is 19.8 Å². The van der Waals surface area contributed by atoms with Gasteiger partial charge in [-0.05, 0) is 44.5 Å². The summed E-state index contributed by atoms with van der Waals surface area (Å²) >= 11 is 5.47. The molecule has 0 N–H and O–H groups in total. The van der Waals surface area contributed by atoms with Crippen molar-refractivity contribution in [3.8, 4) is 17.2 Å². The van der Waals surface area contributed by atoms with Crippen LogP contribution in [0.1, 0.15) is 31.1 Å².